The summed E-state index contributed by atoms with van der Waals surface area (Å²) in [6.45, 7) is 0.464. The summed E-state index contributed by atoms with van der Waals surface area (Å²) < 4.78 is 35.9. The number of hydrogen-bond donors (Lipinski definition) is 1. The number of rotatable bonds is 4. The lowest BCUT2D eigenvalue weighted by Gasteiger charge is -2.27. The fourth-order valence-corrected chi connectivity index (χ4v) is 5.32. The van der Waals surface area contributed by atoms with Gasteiger partial charge in [0.1, 0.15) is 16.3 Å². The first-order valence-corrected chi connectivity index (χ1v) is 10.1. The molecule has 0 bridgehead atoms. The van der Waals surface area contributed by atoms with Crippen molar-refractivity contribution in [2.75, 3.05) is 6.54 Å². The van der Waals surface area contributed by atoms with Gasteiger partial charge in [-0.25, -0.2) is 13.1 Å². The molecule has 0 amide bonds. The van der Waals surface area contributed by atoms with Crippen LogP contribution in [0, 0.1) is 5.92 Å². The minimum absolute atomic E-state index is 0.218. The van der Waals surface area contributed by atoms with E-state index in [4.69, 9.17) is 0 Å². The maximum atomic E-state index is 12.5. The fourth-order valence-electron chi connectivity index (χ4n) is 2.69. The van der Waals surface area contributed by atoms with Crippen molar-refractivity contribution >= 4 is 48.7 Å². The van der Waals surface area contributed by atoms with E-state index in [1.54, 1.807) is 18.2 Å². The summed E-state index contributed by atoms with van der Waals surface area (Å²) in [4.78, 5) is 0.612. The molecule has 3 rings (SSSR count). The Morgan fingerprint density at radius 1 is 1.29 bits per heavy atom. The van der Waals surface area contributed by atoms with Crippen molar-refractivity contribution < 1.29 is 8.42 Å². The van der Waals surface area contributed by atoms with Crippen LogP contribution < -0.4 is 4.72 Å². The van der Waals surface area contributed by atoms with Gasteiger partial charge in [0.05, 0.1) is 11.4 Å². The third kappa shape index (κ3) is 3.28. The summed E-state index contributed by atoms with van der Waals surface area (Å²) in [5, 5.41) is 0. The first-order chi connectivity index (χ1) is 10.1. The second-order valence-electron chi connectivity index (χ2n) is 5.30. The Hall–Kier alpha value is -0.570. The molecule has 1 aromatic rings. The normalized spacial score (nSPS) is 24.6. The van der Waals surface area contributed by atoms with Crippen LogP contribution >= 0.6 is 15.9 Å². The minimum atomic E-state index is -3.55. The number of benzene rings is 1. The summed E-state index contributed by atoms with van der Waals surface area (Å²) in [5.74, 6) is 0.348. The molecule has 8 heteroatoms. The Kier molecular flexibility index (Phi) is 4.58. The molecule has 1 heterocycles. The first-order valence-electron chi connectivity index (χ1n) is 6.93. The lowest BCUT2D eigenvalue weighted by atomic mass is 9.89. The van der Waals surface area contributed by atoms with Gasteiger partial charge in [-0.05, 0) is 30.9 Å². The lowest BCUT2D eigenvalue weighted by Crippen LogP contribution is -2.34. The van der Waals surface area contributed by atoms with Gasteiger partial charge in [0.15, 0.2) is 0 Å². The van der Waals surface area contributed by atoms with Crippen LogP contribution in [-0.4, -0.2) is 19.8 Å². The second-order valence-corrected chi connectivity index (χ2v) is 8.74. The van der Waals surface area contributed by atoms with Crippen LogP contribution in [0.4, 0.5) is 11.4 Å². The predicted molar refractivity (Wildman–Crippen MR) is 87.8 cm³/mol. The van der Waals surface area contributed by atoms with Crippen LogP contribution in [0.3, 0.4) is 0 Å². The largest absolute Gasteiger partial charge is 0.242 e. The Morgan fingerprint density at radius 2 is 2.10 bits per heavy atom. The van der Waals surface area contributed by atoms with Crippen molar-refractivity contribution in [3.05, 3.63) is 18.2 Å². The molecule has 0 saturated heterocycles. The SMILES string of the molecule is O=S(=O)(NCC1CCCCC1Br)c1cccc2c1N=S=N2. The monoisotopic (exact) mass is 389 g/mol. The van der Waals surface area contributed by atoms with Gasteiger partial charge in [-0.1, -0.05) is 34.8 Å². The van der Waals surface area contributed by atoms with E-state index < -0.39 is 10.0 Å². The zero-order valence-electron chi connectivity index (χ0n) is 11.3. The molecular weight excluding hydrogens is 374 g/mol. The van der Waals surface area contributed by atoms with Crippen LogP contribution in [0.5, 0.6) is 0 Å². The van der Waals surface area contributed by atoms with Crippen LogP contribution in [-0.2, 0) is 21.4 Å². The minimum Gasteiger partial charge on any atom is -0.211 e. The Balaban J connectivity index is 1.76. The van der Waals surface area contributed by atoms with Gasteiger partial charge in [-0.2, -0.15) is 8.73 Å². The highest BCUT2D eigenvalue weighted by Gasteiger charge is 2.27. The van der Waals surface area contributed by atoms with Crippen LogP contribution in [0.2, 0.25) is 0 Å². The fraction of sp³-hybridized carbons (Fsp3) is 0.538. The third-order valence-electron chi connectivity index (χ3n) is 3.89. The highest BCUT2D eigenvalue weighted by atomic mass is 79.9. The molecule has 2 atom stereocenters. The Morgan fingerprint density at radius 3 is 2.90 bits per heavy atom. The van der Waals surface area contributed by atoms with E-state index in [9.17, 15) is 8.42 Å². The smallest absolute Gasteiger partial charge is 0.211 e. The molecule has 0 radical (unpaired) electrons. The molecule has 114 valence electrons. The van der Waals surface area contributed by atoms with Crippen molar-refractivity contribution in [1.82, 2.24) is 4.72 Å². The van der Waals surface area contributed by atoms with E-state index >= 15 is 0 Å². The summed E-state index contributed by atoms with van der Waals surface area (Å²) >= 11 is 4.69. The van der Waals surface area contributed by atoms with Gasteiger partial charge in [-0.3, -0.25) is 0 Å². The molecule has 1 fully saturated rings. The molecule has 0 aromatic heterocycles. The molecule has 1 aromatic carbocycles. The van der Waals surface area contributed by atoms with Crippen LogP contribution in [0.1, 0.15) is 25.7 Å². The van der Waals surface area contributed by atoms with E-state index in [0.29, 0.717) is 28.7 Å². The highest BCUT2D eigenvalue weighted by molar-refractivity contribution is 9.09. The zero-order valence-corrected chi connectivity index (χ0v) is 14.5. The maximum Gasteiger partial charge on any atom is 0.242 e. The molecular formula is C13H16BrN3O2S2. The molecule has 1 aliphatic carbocycles. The molecule has 1 N–H and O–H groups in total. The number of halogens is 1. The molecule has 1 saturated carbocycles. The number of alkyl halides is 1. The van der Waals surface area contributed by atoms with Gasteiger partial charge in [-0.15, -0.1) is 0 Å². The van der Waals surface area contributed by atoms with Gasteiger partial charge < -0.3 is 0 Å². The van der Waals surface area contributed by atoms with Gasteiger partial charge >= 0.3 is 0 Å². The van der Waals surface area contributed by atoms with Crippen molar-refractivity contribution in [1.29, 1.82) is 0 Å². The Bertz CT molecular complexity index is 714. The standard InChI is InChI=1S/C13H16BrN3O2S2/c14-10-5-2-1-4-9(10)8-15-21(18,19)12-7-3-6-11-13(12)17-20-16-11/h3,6-7,9-10,15H,1-2,4-5,8H2. The molecule has 2 unspecified atom stereocenters. The van der Waals surface area contributed by atoms with Gasteiger partial charge in [0.25, 0.3) is 0 Å². The number of fused-ring (bicyclic) bond motifs is 1. The second kappa shape index (κ2) is 6.28. The van der Waals surface area contributed by atoms with E-state index in [1.807, 2.05) is 0 Å². The summed E-state index contributed by atoms with van der Waals surface area (Å²) in [5.41, 5.74) is 1.08. The number of nitrogens with one attached hydrogen (secondary N) is 1. The predicted octanol–water partition coefficient (Wildman–Crippen LogP) is 3.65. The Labute approximate surface area is 136 Å². The maximum absolute atomic E-state index is 12.5. The molecule has 2 aliphatic rings. The van der Waals surface area contributed by atoms with E-state index in [0.717, 1.165) is 24.2 Å². The van der Waals surface area contributed by atoms with Gasteiger partial charge in [0, 0.05) is 11.4 Å². The molecule has 1 aliphatic heterocycles. The highest BCUT2D eigenvalue weighted by Crippen LogP contribution is 2.37. The zero-order chi connectivity index (χ0) is 14.9. The topological polar surface area (TPSA) is 70.9 Å². The molecule has 5 nitrogen and oxygen atoms in total. The van der Waals surface area contributed by atoms with Crippen molar-refractivity contribution in [3.63, 3.8) is 0 Å². The average Bonchev–Trinajstić information content (AvgIpc) is 2.94. The summed E-state index contributed by atoms with van der Waals surface area (Å²) in [6, 6.07) is 5.05. The number of sulfonamides is 1. The molecule has 21 heavy (non-hydrogen) atoms. The van der Waals surface area contributed by atoms with Crippen LogP contribution in [0.15, 0.2) is 31.8 Å². The lowest BCUT2D eigenvalue weighted by molar-refractivity contribution is 0.373. The number of hydrogen-bond acceptors (Lipinski definition) is 4. The third-order valence-corrected chi connectivity index (χ3v) is 7.09. The van der Waals surface area contributed by atoms with Crippen molar-refractivity contribution in [3.8, 4) is 0 Å². The van der Waals surface area contributed by atoms with Crippen molar-refractivity contribution in [2.45, 2.75) is 35.4 Å². The number of nitrogens with zero attached hydrogens (tertiary/aromatic N) is 2. The summed E-state index contributed by atoms with van der Waals surface area (Å²) in [7, 11) is -3.55. The van der Waals surface area contributed by atoms with Gasteiger partial charge in [0.2, 0.25) is 10.0 Å². The quantitative estimate of drug-likeness (QED) is 0.810. The van der Waals surface area contributed by atoms with E-state index in [-0.39, 0.29) is 4.90 Å². The average molecular weight is 390 g/mol. The van der Waals surface area contributed by atoms with E-state index in [2.05, 4.69) is 29.4 Å². The summed E-state index contributed by atoms with van der Waals surface area (Å²) in [6.07, 6.45) is 4.54. The van der Waals surface area contributed by atoms with Crippen molar-refractivity contribution in [2.24, 2.45) is 14.6 Å². The molecule has 0 spiro atoms. The van der Waals surface area contributed by atoms with E-state index in [1.165, 1.54) is 12.8 Å². The van der Waals surface area contributed by atoms with Crippen LogP contribution in [0.25, 0.3) is 0 Å². The first kappa shape index (κ1) is 15.3.